The van der Waals surface area contributed by atoms with E-state index in [-0.39, 0.29) is 0 Å². The summed E-state index contributed by atoms with van der Waals surface area (Å²) >= 11 is 2.27. The van der Waals surface area contributed by atoms with Gasteiger partial charge >= 0.3 is 0 Å². The Hall–Kier alpha value is -1.62. The van der Waals surface area contributed by atoms with Gasteiger partial charge in [0.1, 0.15) is 0 Å². The van der Waals surface area contributed by atoms with Crippen molar-refractivity contribution >= 4 is 33.4 Å². The Labute approximate surface area is 125 Å². The number of hydrogen-bond acceptors (Lipinski definition) is 1. The summed E-state index contributed by atoms with van der Waals surface area (Å²) in [7, 11) is 0. The minimum Gasteiger partial charge on any atom is -0.618 e. The Morgan fingerprint density at radius 1 is 0.947 bits per heavy atom. The van der Waals surface area contributed by atoms with E-state index in [0.29, 0.717) is 6.42 Å². The molecule has 3 heteroatoms. The van der Waals surface area contributed by atoms with Gasteiger partial charge in [-0.05, 0) is 34.2 Å². The van der Waals surface area contributed by atoms with Gasteiger partial charge in [-0.15, -0.1) is 0 Å². The molecular formula is C16H12INO. The van der Waals surface area contributed by atoms with E-state index in [0.717, 1.165) is 30.3 Å². The van der Waals surface area contributed by atoms with Crippen molar-refractivity contribution in [1.29, 1.82) is 0 Å². The van der Waals surface area contributed by atoms with Crippen LogP contribution in [0.2, 0.25) is 0 Å². The number of hydrogen-bond donors (Lipinski definition) is 0. The topological polar surface area (TPSA) is 26.9 Å². The van der Waals surface area contributed by atoms with Gasteiger partial charge in [0.05, 0.1) is 9.99 Å². The van der Waals surface area contributed by atoms with Gasteiger partial charge in [-0.25, -0.2) is 0 Å². The van der Waals surface area contributed by atoms with Gasteiger partial charge in [0.2, 0.25) is 5.69 Å². The van der Waals surface area contributed by atoms with Gasteiger partial charge in [0.25, 0.3) is 0 Å². The fourth-order valence-corrected chi connectivity index (χ4v) is 3.13. The molecule has 2 nitrogen and oxygen atoms in total. The van der Waals surface area contributed by atoms with Gasteiger partial charge < -0.3 is 5.21 Å². The maximum Gasteiger partial charge on any atom is 0.211 e. The van der Waals surface area contributed by atoms with E-state index in [1.54, 1.807) is 6.20 Å². The van der Waals surface area contributed by atoms with E-state index in [9.17, 15) is 5.21 Å². The Bertz CT molecular complexity index is 725. The predicted octanol–water partition coefficient (Wildman–Crippen LogP) is 3.67. The van der Waals surface area contributed by atoms with Crippen LogP contribution in [0.3, 0.4) is 0 Å². The Balaban J connectivity index is 2.13. The highest BCUT2D eigenvalue weighted by Crippen LogP contribution is 2.22. The maximum absolute atomic E-state index is 12.2. The molecule has 0 fully saturated rings. The zero-order valence-electron chi connectivity index (χ0n) is 10.2. The van der Waals surface area contributed by atoms with Crippen LogP contribution in [0.15, 0.2) is 60.8 Å². The normalized spacial score (nSPS) is 10.8. The van der Waals surface area contributed by atoms with Gasteiger partial charge in [0, 0.05) is 10.8 Å². The zero-order chi connectivity index (χ0) is 13.2. The highest BCUT2D eigenvalue weighted by Gasteiger charge is 2.15. The summed E-state index contributed by atoms with van der Waals surface area (Å²) in [4.78, 5) is 0. The van der Waals surface area contributed by atoms with E-state index in [1.807, 2.05) is 48.5 Å². The second kappa shape index (κ2) is 5.17. The maximum atomic E-state index is 12.2. The first-order valence-corrected chi connectivity index (χ1v) is 7.17. The van der Waals surface area contributed by atoms with Crippen molar-refractivity contribution in [2.24, 2.45) is 0 Å². The smallest absolute Gasteiger partial charge is 0.211 e. The Morgan fingerprint density at radius 3 is 2.42 bits per heavy atom. The molecule has 0 amide bonds. The van der Waals surface area contributed by atoms with Gasteiger partial charge in [-0.1, -0.05) is 48.5 Å². The number of pyridine rings is 1. The van der Waals surface area contributed by atoms with E-state index in [2.05, 4.69) is 28.7 Å². The predicted molar refractivity (Wildman–Crippen MR) is 84.9 cm³/mol. The molecule has 0 N–H and O–H groups in total. The molecule has 0 aliphatic heterocycles. The number of rotatable bonds is 2. The zero-order valence-corrected chi connectivity index (χ0v) is 12.4. The van der Waals surface area contributed by atoms with Crippen molar-refractivity contribution < 1.29 is 4.73 Å². The van der Waals surface area contributed by atoms with E-state index in [1.165, 1.54) is 0 Å². The van der Waals surface area contributed by atoms with Gasteiger partial charge in [0.15, 0.2) is 6.20 Å². The molecule has 0 aliphatic rings. The van der Waals surface area contributed by atoms with Crippen LogP contribution in [0.4, 0.5) is 0 Å². The lowest BCUT2D eigenvalue weighted by Gasteiger charge is -2.09. The molecular weight excluding hydrogens is 349 g/mol. The first-order valence-electron chi connectivity index (χ1n) is 6.09. The molecule has 0 spiro atoms. The monoisotopic (exact) mass is 361 g/mol. The number of nitrogens with zero attached hydrogens (tertiary/aromatic N) is 1. The average Bonchev–Trinajstić information content (AvgIpc) is 2.45. The molecule has 0 radical (unpaired) electrons. The third kappa shape index (κ3) is 2.42. The molecule has 1 heterocycles. The van der Waals surface area contributed by atoms with Gasteiger partial charge in [-0.3, -0.25) is 0 Å². The molecule has 0 saturated heterocycles. The third-order valence-corrected chi connectivity index (χ3v) is 4.39. The number of fused-ring (bicyclic) bond motifs is 1. The molecule has 2 aromatic carbocycles. The van der Waals surface area contributed by atoms with Gasteiger partial charge in [-0.2, -0.15) is 4.73 Å². The van der Waals surface area contributed by atoms with Crippen molar-refractivity contribution in [2.45, 2.75) is 6.42 Å². The number of aromatic nitrogens is 1. The molecule has 0 aliphatic carbocycles. The Kier molecular flexibility index (Phi) is 3.38. The minimum atomic E-state index is 0.660. The lowest BCUT2D eigenvalue weighted by atomic mass is 10.1. The molecule has 0 saturated carbocycles. The van der Waals surface area contributed by atoms with Crippen LogP contribution < -0.4 is 4.73 Å². The molecule has 3 rings (SSSR count). The van der Waals surface area contributed by atoms with Crippen LogP contribution in [0.1, 0.15) is 11.3 Å². The summed E-state index contributed by atoms with van der Waals surface area (Å²) in [6.07, 6.45) is 2.32. The second-order valence-corrected chi connectivity index (χ2v) is 5.54. The number of halogens is 1. The molecule has 3 aromatic rings. The summed E-state index contributed by atoms with van der Waals surface area (Å²) in [5, 5.41) is 14.3. The van der Waals surface area contributed by atoms with Crippen LogP contribution in [-0.2, 0) is 6.42 Å². The molecule has 1 aromatic heterocycles. The third-order valence-electron chi connectivity index (χ3n) is 3.19. The summed E-state index contributed by atoms with van der Waals surface area (Å²) in [6, 6.07) is 18.1. The second-order valence-electron chi connectivity index (χ2n) is 4.47. The van der Waals surface area contributed by atoms with Crippen molar-refractivity contribution in [3.05, 3.63) is 80.8 Å². The summed E-state index contributed by atoms with van der Waals surface area (Å²) in [5.74, 6) is 0. The van der Waals surface area contributed by atoms with E-state index < -0.39 is 0 Å². The molecule has 19 heavy (non-hydrogen) atoms. The SMILES string of the molecule is [O-][n+]1cc2ccccc2c(I)c1Cc1ccccc1. The van der Waals surface area contributed by atoms with Crippen LogP contribution in [-0.4, -0.2) is 0 Å². The number of benzene rings is 2. The molecule has 0 bridgehead atoms. The average molecular weight is 361 g/mol. The van der Waals surface area contributed by atoms with E-state index >= 15 is 0 Å². The first kappa shape index (κ1) is 12.4. The fraction of sp³-hybridized carbons (Fsp3) is 0.0625. The first-order chi connectivity index (χ1) is 9.25. The van der Waals surface area contributed by atoms with Crippen LogP contribution >= 0.6 is 22.6 Å². The highest BCUT2D eigenvalue weighted by molar-refractivity contribution is 14.1. The molecule has 0 atom stereocenters. The highest BCUT2D eigenvalue weighted by atomic mass is 127. The van der Waals surface area contributed by atoms with Crippen LogP contribution in [0.25, 0.3) is 10.8 Å². The fourth-order valence-electron chi connectivity index (χ4n) is 2.21. The standard InChI is InChI=1S/C16H12INO/c17-16-14-9-5-4-8-13(14)11-18(19)15(16)10-12-6-2-1-3-7-12/h1-9,11H,10H2. The summed E-state index contributed by atoms with van der Waals surface area (Å²) in [5.41, 5.74) is 1.96. The lowest BCUT2D eigenvalue weighted by Crippen LogP contribution is -2.33. The largest absolute Gasteiger partial charge is 0.618 e. The van der Waals surface area contributed by atoms with Crippen molar-refractivity contribution in [3.8, 4) is 0 Å². The quantitative estimate of drug-likeness (QED) is 0.389. The molecule has 0 unspecified atom stereocenters. The van der Waals surface area contributed by atoms with Crippen LogP contribution in [0, 0.1) is 8.78 Å². The Morgan fingerprint density at radius 2 is 1.63 bits per heavy atom. The molecule has 94 valence electrons. The van der Waals surface area contributed by atoms with Crippen molar-refractivity contribution in [2.75, 3.05) is 0 Å². The lowest BCUT2D eigenvalue weighted by molar-refractivity contribution is -0.612. The van der Waals surface area contributed by atoms with Crippen molar-refractivity contribution in [1.82, 2.24) is 0 Å². The van der Waals surface area contributed by atoms with Crippen molar-refractivity contribution in [3.63, 3.8) is 0 Å². The summed E-state index contributed by atoms with van der Waals surface area (Å²) in [6.45, 7) is 0. The summed E-state index contributed by atoms with van der Waals surface area (Å²) < 4.78 is 2.03. The minimum absolute atomic E-state index is 0.660. The van der Waals surface area contributed by atoms with E-state index in [4.69, 9.17) is 0 Å². The van der Waals surface area contributed by atoms with Crippen LogP contribution in [0.5, 0.6) is 0 Å².